The number of anilines is 1. The summed E-state index contributed by atoms with van der Waals surface area (Å²) in [6.07, 6.45) is 1.36. The highest BCUT2D eigenvalue weighted by Crippen LogP contribution is 2.23. The Morgan fingerprint density at radius 1 is 1.33 bits per heavy atom. The van der Waals surface area contributed by atoms with Gasteiger partial charge < -0.3 is 10.2 Å². The molecule has 0 aromatic heterocycles. The molecule has 1 aromatic carbocycles. The van der Waals surface area contributed by atoms with Gasteiger partial charge in [-0.25, -0.2) is 0 Å². The van der Waals surface area contributed by atoms with Crippen LogP contribution >= 0.6 is 11.6 Å². The van der Waals surface area contributed by atoms with Crippen molar-refractivity contribution in [3.63, 3.8) is 0 Å². The van der Waals surface area contributed by atoms with E-state index in [0.717, 1.165) is 35.6 Å². The summed E-state index contributed by atoms with van der Waals surface area (Å²) in [4.78, 5) is 2.56. The summed E-state index contributed by atoms with van der Waals surface area (Å²) >= 11 is 5.86. The molecular formula is C15H23ClN2. The first kappa shape index (κ1) is 13.7. The third-order valence-electron chi connectivity index (χ3n) is 3.85. The van der Waals surface area contributed by atoms with Crippen LogP contribution in [0.25, 0.3) is 0 Å². The van der Waals surface area contributed by atoms with Crippen LogP contribution in [0.3, 0.4) is 0 Å². The highest BCUT2D eigenvalue weighted by molar-refractivity contribution is 6.30. The van der Waals surface area contributed by atoms with Gasteiger partial charge in [0.1, 0.15) is 0 Å². The average molecular weight is 267 g/mol. The van der Waals surface area contributed by atoms with Crippen molar-refractivity contribution in [2.75, 3.05) is 31.5 Å². The van der Waals surface area contributed by atoms with Crippen LogP contribution in [-0.4, -0.2) is 31.1 Å². The fourth-order valence-electron chi connectivity index (χ4n) is 2.54. The SMILES string of the molecule is CC(C)C1CCN(CCNc2ccc(Cl)cc2)C1. The molecule has 1 atom stereocenters. The molecule has 3 heteroatoms. The van der Waals surface area contributed by atoms with Crippen LogP contribution in [0.1, 0.15) is 20.3 Å². The lowest BCUT2D eigenvalue weighted by molar-refractivity contribution is 0.313. The van der Waals surface area contributed by atoms with Gasteiger partial charge in [-0.1, -0.05) is 25.4 Å². The van der Waals surface area contributed by atoms with Gasteiger partial charge in [0, 0.05) is 30.3 Å². The number of nitrogens with one attached hydrogen (secondary N) is 1. The molecule has 0 bridgehead atoms. The van der Waals surface area contributed by atoms with Crippen LogP contribution in [0.15, 0.2) is 24.3 Å². The topological polar surface area (TPSA) is 15.3 Å². The molecule has 1 aliphatic heterocycles. The van der Waals surface area contributed by atoms with Crippen molar-refractivity contribution in [3.8, 4) is 0 Å². The summed E-state index contributed by atoms with van der Waals surface area (Å²) < 4.78 is 0. The van der Waals surface area contributed by atoms with E-state index in [1.807, 2.05) is 24.3 Å². The maximum atomic E-state index is 5.86. The molecular weight excluding hydrogens is 244 g/mol. The third kappa shape index (κ3) is 3.89. The van der Waals surface area contributed by atoms with E-state index < -0.39 is 0 Å². The molecule has 0 spiro atoms. The molecule has 100 valence electrons. The molecule has 0 radical (unpaired) electrons. The zero-order valence-corrected chi connectivity index (χ0v) is 12.1. The van der Waals surface area contributed by atoms with E-state index >= 15 is 0 Å². The van der Waals surface area contributed by atoms with E-state index in [9.17, 15) is 0 Å². The molecule has 1 heterocycles. The summed E-state index contributed by atoms with van der Waals surface area (Å²) in [6, 6.07) is 7.91. The minimum atomic E-state index is 0.792. The highest BCUT2D eigenvalue weighted by Gasteiger charge is 2.23. The second-order valence-corrected chi connectivity index (χ2v) is 5.96. The summed E-state index contributed by atoms with van der Waals surface area (Å²) in [7, 11) is 0. The van der Waals surface area contributed by atoms with Crippen molar-refractivity contribution in [3.05, 3.63) is 29.3 Å². The molecule has 1 saturated heterocycles. The van der Waals surface area contributed by atoms with Crippen molar-refractivity contribution in [1.82, 2.24) is 4.90 Å². The van der Waals surface area contributed by atoms with E-state index in [-0.39, 0.29) is 0 Å². The average Bonchev–Trinajstić information content (AvgIpc) is 2.81. The van der Waals surface area contributed by atoms with Gasteiger partial charge in [-0.05, 0) is 49.1 Å². The summed E-state index contributed by atoms with van der Waals surface area (Å²) in [5.41, 5.74) is 1.15. The first-order valence-electron chi connectivity index (χ1n) is 6.87. The Labute approximate surface area is 115 Å². The van der Waals surface area contributed by atoms with E-state index in [1.165, 1.54) is 19.5 Å². The molecule has 1 unspecified atom stereocenters. The number of halogens is 1. The number of likely N-dealkylation sites (tertiary alicyclic amines) is 1. The lowest BCUT2D eigenvalue weighted by Crippen LogP contribution is -2.27. The molecule has 18 heavy (non-hydrogen) atoms. The summed E-state index contributed by atoms with van der Waals surface area (Å²) in [6.45, 7) is 9.32. The van der Waals surface area contributed by atoms with E-state index in [0.29, 0.717) is 0 Å². The lowest BCUT2D eigenvalue weighted by atomic mass is 9.95. The van der Waals surface area contributed by atoms with Gasteiger partial charge >= 0.3 is 0 Å². The number of hydrogen-bond acceptors (Lipinski definition) is 2. The molecule has 1 N–H and O–H groups in total. The molecule has 0 amide bonds. The Balaban J connectivity index is 1.68. The number of rotatable bonds is 5. The fourth-order valence-corrected chi connectivity index (χ4v) is 2.66. The quantitative estimate of drug-likeness (QED) is 0.874. The molecule has 1 fully saturated rings. The van der Waals surface area contributed by atoms with Crippen LogP contribution in [0.5, 0.6) is 0 Å². The third-order valence-corrected chi connectivity index (χ3v) is 4.10. The zero-order valence-electron chi connectivity index (χ0n) is 11.3. The predicted octanol–water partition coefficient (Wildman–Crippen LogP) is 3.73. The molecule has 1 aliphatic rings. The van der Waals surface area contributed by atoms with Crippen LogP contribution in [-0.2, 0) is 0 Å². The summed E-state index contributed by atoms with van der Waals surface area (Å²) in [5, 5.41) is 4.23. The van der Waals surface area contributed by atoms with Crippen molar-refractivity contribution in [1.29, 1.82) is 0 Å². The molecule has 0 aliphatic carbocycles. The number of nitrogens with zero attached hydrogens (tertiary/aromatic N) is 1. The first-order valence-corrected chi connectivity index (χ1v) is 7.25. The van der Waals surface area contributed by atoms with Crippen LogP contribution in [0, 0.1) is 11.8 Å². The lowest BCUT2D eigenvalue weighted by Gasteiger charge is -2.18. The van der Waals surface area contributed by atoms with Gasteiger partial charge in [-0.15, -0.1) is 0 Å². The van der Waals surface area contributed by atoms with Gasteiger partial charge in [0.05, 0.1) is 0 Å². The Hall–Kier alpha value is -0.730. The van der Waals surface area contributed by atoms with Crippen LogP contribution < -0.4 is 5.32 Å². The van der Waals surface area contributed by atoms with Gasteiger partial charge in [0.25, 0.3) is 0 Å². The largest absolute Gasteiger partial charge is 0.384 e. The van der Waals surface area contributed by atoms with E-state index in [2.05, 4.69) is 24.1 Å². The minimum Gasteiger partial charge on any atom is -0.384 e. The monoisotopic (exact) mass is 266 g/mol. The smallest absolute Gasteiger partial charge is 0.0407 e. The molecule has 0 saturated carbocycles. The Morgan fingerprint density at radius 3 is 2.67 bits per heavy atom. The fraction of sp³-hybridized carbons (Fsp3) is 0.600. The molecule has 1 aromatic rings. The second-order valence-electron chi connectivity index (χ2n) is 5.53. The van der Waals surface area contributed by atoms with Crippen molar-refractivity contribution >= 4 is 17.3 Å². The van der Waals surface area contributed by atoms with Crippen molar-refractivity contribution in [2.24, 2.45) is 11.8 Å². The van der Waals surface area contributed by atoms with Gasteiger partial charge in [0.15, 0.2) is 0 Å². The van der Waals surface area contributed by atoms with Crippen molar-refractivity contribution < 1.29 is 0 Å². The minimum absolute atomic E-state index is 0.792. The van der Waals surface area contributed by atoms with Crippen LogP contribution in [0.2, 0.25) is 5.02 Å². The predicted molar refractivity (Wildman–Crippen MR) is 79.3 cm³/mol. The Bertz CT molecular complexity index is 361. The Kier molecular flexibility index (Phi) is 4.90. The van der Waals surface area contributed by atoms with Gasteiger partial charge in [-0.2, -0.15) is 0 Å². The Morgan fingerprint density at radius 2 is 2.06 bits per heavy atom. The van der Waals surface area contributed by atoms with Crippen molar-refractivity contribution in [2.45, 2.75) is 20.3 Å². The molecule has 2 rings (SSSR count). The zero-order chi connectivity index (χ0) is 13.0. The van der Waals surface area contributed by atoms with Crippen LogP contribution in [0.4, 0.5) is 5.69 Å². The summed E-state index contributed by atoms with van der Waals surface area (Å²) in [5.74, 6) is 1.71. The maximum absolute atomic E-state index is 5.86. The van der Waals surface area contributed by atoms with Gasteiger partial charge in [-0.3, -0.25) is 0 Å². The van der Waals surface area contributed by atoms with E-state index in [1.54, 1.807) is 0 Å². The molecule has 2 nitrogen and oxygen atoms in total. The maximum Gasteiger partial charge on any atom is 0.0407 e. The highest BCUT2D eigenvalue weighted by atomic mass is 35.5. The van der Waals surface area contributed by atoms with E-state index in [4.69, 9.17) is 11.6 Å². The van der Waals surface area contributed by atoms with Gasteiger partial charge in [0.2, 0.25) is 0 Å². The normalized spacial score (nSPS) is 20.6. The second kappa shape index (κ2) is 6.44. The number of hydrogen-bond donors (Lipinski definition) is 1. The standard InChI is InChI=1S/C15H23ClN2/c1-12(2)13-7-9-18(11-13)10-8-17-15-5-3-14(16)4-6-15/h3-6,12-13,17H,7-11H2,1-2H3. The first-order chi connectivity index (χ1) is 8.65. The number of benzene rings is 1.